The molecule has 0 radical (unpaired) electrons. The second-order valence-electron chi connectivity index (χ2n) is 7.96. The molecule has 1 aromatic carbocycles. The van der Waals surface area contributed by atoms with E-state index < -0.39 is 11.7 Å². The summed E-state index contributed by atoms with van der Waals surface area (Å²) in [6.07, 6.45) is 2.02. The Bertz CT molecular complexity index is 822. The number of halogens is 1. The van der Waals surface area contributed by atoms with Crippen molar-refractivity contribution in [3.05, 3.63) is 39.1 Å². The first-order chi connectivity index (χ1) is 12.7. The van der Waals surface area contributed by atoms with Crippen LogP contribution in [0.5, 0.6) is 5.75 Å². The normalized spacial score (nSPS) is 14.1. The third-order valence-electron chi connectivity index (χ3n) is 4.12. The van der Waals surface area contributed by atoms with Crippen molar-refractivity contribution in [2.45, 2.75) is 52.7 Å². The average Bonchev–Trinajstić information content (AvgIpc) is 3.30. The molecular formula is C20H26IN3O3. The topological polar surface area (TPSA) is 65.4 Å². The standard InChI is InChI=1S/C20H26IN3O3/c1-13-9-18(22-19(25)27-20(2,3)4)23-24(13)11-15-10-16(21)7-8-17(15)26-12-14-5-6-14/h7-10,14H,5-6,11-12H2,1-4H3,(H,22,23,25). The fraction of sp³-hybridized carbons (Fsp3) is 0.500. The van der Waals surface area contributed by atoms with E-state index in [1.807, 2.05) is 44.5 Å². The van der Waals surface area contributed by atoms with E-state index in [9.17, 15) is 4.79 Å². The third kappa shape index (κ3) is 6.12. The van der Waals surface area contributed by atoms with Crippen LogP contribution in [0.4, 0.5) is 10.6 Å². The van der Waals surface area contributed by atoms with E-state index in [0.29, 0.717) is 18.3 Å². The molecule has 1 amide bonds. The molecule has 0 aliphatic heterocycles. The van der Waals surface area contributed by atoms with Crippen molar-refractivity contribution in [1.29, 1.82) is 0 Å². The minimum absolute atomic E-state index is 0.479. The van der Waals surface area contributed by atoms with Crippen LogP contribution in [0.25, 0.3) is 0 Å². The summed E-state index contributed by atoms with van der Waals surface area (Å²) in [4.78, 5) is 12.0. The van der Waals surface area contributed by atoms with Gasteiger partial charge >= 0.3 is 6.09 Å². The van der Waals surface area contributed by atoms with Gasteiger partial charge in [0.2, 0.25) is 0 Å². The summed E-state index contributed by atoms with van der Waals surface area (Å²) >= 11 is 2.30. The molecule has 6 nitrogen and oxygen atoms in total. The number of amides is 1. The van der Waals surface area contributed by atoms with Gasteiger partial charge in [0.1, 0.15) is 11.4 Å². The number of benzene rings is 1. The first-order valence-electron chi connectivity index (χ1n) is 9.15. The Balaban J connectivity index is 1.71. The highest BCUT2D eigenvalue weighted by Gasteiger charge is 2.22. The van der Waals surface area contributed by atoms with Crippen LogP contribution in [-0.4, -0.2) is 28.1 Å². The Morgan fingerprint density at radius 2 is 2.07 bits per heavy atom. The van der Waals surface area contributed by atoms with Crippen molar-refractivity contribution in [3.8, 4) is 5.75 Å². The molecule has 146 valence electrons. The second kappa shape index (κ2) is 8.08. The number of carbonyl (C=O) groups is 1. The SMILES string of the molecule is Cc1cc(NC(=O)OC(C)(C)C)nn1Cc1cc(I)ccc1OCC1CC1. The number of ether oxygens (including phenoxy) is 2. The number of hydrogen-bond donors (Lipinski definition) is 1. The summed E-state index contributed by atoms with van der Waals surface area (Å²) in [6.45, 7) is 8.81. The van der Waals surface area contributed by atoms with Gasteiger partial charge in [-0.15, -0.1) is 0 Å². The van der Waals surface area contributed by atoms with Crippen molar-refractivity contribution >= 4 is 34.5 Å². The van der Waals surface area contributed by atoms with E-state index in [1.165, 1.54) is 12.8 Å². The van der Waals surface area contributed by atoms with E-state index in [-0.39, 0.29) is 0 Å². The monoisotopic (exact) mass is 483 g/mol. The number of nitrogens with one attached hydrogen (secondary N) is 1. The van der Waals surface area contributed by atoms with Crippen LogP contribution >= 0.6 is 22.6 Å². The maximum absolute atomic E-state index is 12.0. The zero-order chi connectivity index (χ0) is 19.6. The summed E-state index contributed by atoms with van der Waals surface area (Å²) in [5.74, 6) is 2.08. The van der Waals surface area contributed by atoms with Crippen LogP contribution in [0.3, 0.4) is 0 Å². The van der Waals surface area contributed by atoms with Gasteiger partial charge in [0.25, 0.3) is 0 Å². The van der Waals surface area contributed by atoms with Crippen molar-refractivity contribution in [3.63, 3.8) is 0 Å². The Kier molecular flexibility index (Phi) is 5.98. The van der Waals surface area contributed by atoms with Crippen molar-refractivity contribution in [2.75, 3.05) is 11.9 Å². The molecule has 7 heteroatoms. The van der Waals surface area contributed by atoms with Gasteiger partial charge in [-0.25, -0.2) is 4.79 Å². The van der Waals surface area contributed by atoms with E-state index in [0.717, 1.165) is 27.2 Å². The van der Waals surface area contributed by atoms with E-state index in [1.54, 1.807) is 0 Å². The molecule has 1 N–H and O–H groups in total. The molecule has 0 saturated heterocycles. The van der Waals surface area contributed by atoms with Gasteiger partial charge in [0.15, 0.2) is 5.82 Å². The summed E-state index contributed by atoms with van der Waals surface area (Å²) in [7, 11) is 0. The predicted molar refractivity (Wildman–Crippen MR) is 113 cm³/mol. The highest BCUT2D eigenvalue weighted by atomic mass is 127. The Labute approximate surface area is 173 Å². The molecule has 0 atom stereocenters. The van der Waals surface area contributed by atoms with Gasteiger partial charge < -0.3 is 9.47 Å². The highest BCUT2D eigenvalue weighted by molar-refractivity contribution is 14.1. The summed E-state index contributed by atoms with van der Waals surface area (Å²) in [5.41, 5.74) is 1.49. The number of anilines is 1. The van der Waals surface area contributed by atoms with E-state index >= 15 is 0 Å². The average molecular weight is 483 g/mol. The van der Waals surface area contributed by atoms with E-state index in [4.69, 9.17) is 9.47 Å². The Hall–Kier alpha value is -1.77. The minimum atomic E-state index is -0.545. The second-order valence-corrected chi connectivity index (χ2v) is 9.21. The quantitative estimate of drug-likeness (QED) is 0.589. The summed E-state index contributed by atoms with van der Waals surface area (Å²) < 4.78 is 14.3. The molecule has 1 saturated carbocycles. The summed E-state index contributed by atoms with van der Waals surface area (Å²) in [5, 5.41) is 7.19. The highest BCUT2D eigenvalue weighted by Crippen LogP contribution is 2.31. The number of rotatable bonds is 6. The van der Waals surface area contributed by atoms with Gasteiger partial charge in [-0.2, -0.15) is 5.10 Å². The maximum atomic E-state index is 12.0. The lowest BCUT2D eigenvalue weighted by Gasteiger charge is -2.19. The molecule has 0 bridgehead atoms. The number of aromatic nitrogens is 2. The molecule has 1 aromatic heterocycles. The fourth-order valence-electron chi connectivity index (χ4n) is 2.61. The lowest BCUT2D eigenvalue weighted by molar-refractivity contribution is 0.0635. The first kappa shape index (κ1) is 20.0. The Morgan fingerprint density at radius 1 is 1.33 bits per heavy atom. The molecule has 2 aromatic rings. The van der Waals surface area contributed by atoms with Crippen molar-refractivity contribution < 1.29 is 14.3 Å². The van der Waals surface area contributed by atoms with Crippen LogP contribution in [0.2, 0.25) is 0 Å². The molecule has 0 unspecified atom stereocenters. The predicted octanol–water partition coefficient (Wildman–Crippen LogP) is 4.98. The van der Waals surface area contributed by atoms with E-state index in [2.05, 4.69) is 45.1 Å². The number of nitrogens with zero attached hydrogens (tertiary/aromatic N) is 2. The van der Waals surface area contributed by atoms with Crippen LogP contribution in [-0.2, 0) is 11.3 Å². The van der Waals surface area contributed by atoms with Crippen LogP contribution in [0.1, 0.15) is 44.9 Å². The van der Waals surface area contributed by atoms with Gasteiger partial charge in [0.05, 0.1) is 13.2 Å². The smallest absolute Gasteiger partial charge is 0.413 e. The zero-order valence-corrected chi connectivity index (χ0v) is 18.4. The lowest BCUT2D eigenvalue weighted by atomic mass is 10.2. The number of carbonyl (C=O) groups excluding carboxylic acids is 1. The number of hydrogen-bond acceptors (Lipinski definition) is 4. The molecular weight excluding hydrogens is 457 g/mol. The van der Waals surface area contributed by atoms with Gasteiger partial charge in [-0.05, 0) is 87.2 Å². The molecule has 1 heterocycles. The van der Waals surface area contributed by atoms with Crippen LogP contribution in [0.15, 0.2) is 24.3 Å². The Morgan fingerprint density at radius 3 is 2.74 bits per heavy atom. The van der Waals surface area contributed by atoms with Gasteiger partial charge in [-0.3, -0.25) is 10.00 Å². The number of aryl methyl sites for hydroxylation is 1. The zero-order valence-electron chi connectivity index (χ0n) is 16.2. The molecule has 1 aliphatic carbocycles. The summed E-state index contributed by atoms with van der Waals surface area (Å²) in [6, 6.07) is 8.03. The molecule has 27 heavy (non-hydrogen) atoms. The van der Waals surface area contributed by atoms with Crippen LogP contribution in [0, 0.1) is 16.4 Å². The fourth-order valence-corrected chi connectivity index (χ4v) is 3.16. The molecule has 1 fully saturated rings. The largest absolute Gasteiger partial charge is 0.493 e. The maximum Gasteiger partial charge on any atom is 0.413 e. The van der Waals surface area contributed by atoms with Gasteiger partial charge in [0, 0.05) is 20.9 Å². The minimum Gasteiger partial charge on any atom is -0.493 e. The van der Waals surface area contributed by atoms with Crippen molar-refractivity contribution in [1.82, 2.24) is 9.78 Å². The lowest BCUT2D eigenvalue weighted by Crippen LogP contribution is -2.27. The van der Waals surface area contributed by atoms with Crippen molar-refractivity contribution in [2.24, 2.45) is 5.92 Å². The van der Waals surface area contributed by atoms with Crippen LogP contribution < -0.4 is 10.1 Å². The third-order valence-corrected chi connectivity index (χ3v) is 4.80. The van der Waals surface area contributed by atoms with Gasteiger partial charge in [-0.1, -0.05) is 0 Å². The first-order valence-corrected chi connectivity index (χ1v) is 10.2. The molecule has 3 rings (SSSR count). The molecule has 0 spiro atoms. The molecule has 1 aliphatic rings.